The molecule has 2 aromatic carbocycles. The molecule has 2 amide bonds. The van der Waals surface area contributed by atoms with E-state index < -0.39 is 0 Å². The summed E-state index contributed by atoms with van der Waals surface area (Å²) < 4.78 is 10.8. The lowest BCUT2D eigenvalue weighted by Crippen LogP contribution is -2.28. The van der Waals surface area contributed by atoms with E-state index >= 15 is 0 Å². The Kier molecular flexibility index (Phi) is 8.85. The van der Waals surface area contributed by atoms with E-state index in [1.54, 1.807) is 25.3 Å². The third-order valence-electron chi connectivity index (χ3n) is 4.21. The van der Waals surface area contributed by atoms with Crippen molar-refractivity contribution in [1.82, 2.24) is 10.6 Å². The second-order valence-corrected chi connectivity index (χ2v) is 6.20. The molecule has 28 heavy (non-hydrogen) atoms. The quantitative estimate of drug-likeness (QED) is 0.584. The van der Waals surface area contributed by atoms with Gasteiger partial charge in [0.1, 0.15) is 11.5 Å². The van der Waals surface area contributed by atoms with Crippen LogP contribution in [-0.2, 0) is 11.2 Å². The minimum atomic E-state index is -0.194. The molecule has 0 aliphatic carbocycles. The number of carbonyl (C=O) groups is 2. The molecule has 2 rings (SSSR count). The smallest absolute Gasteiger partial charge is 0.255 e. The molecule has 0 aliphatic heterocycles. The maximum Gasteiger partial charge on any atom is 0.255 e. The van der Waals surface area contributed by atoms with Crippen molar-refractivity contribution in [3.05, 3.63) is 59.7 Å². The number of ether oxygens (including phenoxy) is 2. The van der Waals surface area contributed by atoms with Gasteiger partial charge in [-0.3, -0.25) is 9.59 Å². The average molecular weight is 384 g/mol. The summed E-state index contributed by atoms with van der Waals surface area (Å²) in [5, 5.41) is 5.74. The summed E-state index contributed by atoms with van der Waals surface area (Å²) in [6, 6.07) is 14.9. The van der Waals surface area contributed by atoms with Gasteiger partial charge in [0, 0.05) is 19.5 Å². The van der Waals surface area contributed by atoms with Crippen LogP contribution in [0.15, 0.2) is 48.5 Å². The maximum absolute atomic E-state index is 12.3. The Morgan fingerprint density at radius 3 is 2.39 bits per heavy atom. The first-order valence-electron chi connectivity index (χ1n) is 9.54. The molecule has 6 nitrogen and oxygen atoms in total. The minimum absolute atomic E-state index is 0.0288. The molecule has 6 heteroatoms. The molecule has 0 atom stereocenters. The Labute approximate surface area is 166 Å². The molecule has 0 saturated heterocycles. The Bertz CT molecular complexity index is 777. The van der Waals surface area contributed by atoms with Gasteiger partial charge in [-0.2, -0.15) is 0 Å². The summed E-state index contributed by atoms with van der Waals surface area (Å²) in [6.45, 7) is 3.35. The van der Waals surface area contributed by atoms with Gasteiger partial charge >= 0.3 is 0 Å². The van der Waals surface area contributed by atoms with Crippen molar-refractivity contribution in [1.29, 1.82) is 0 Å². The molecule has 0 fully saturated rings. The number of amides is 2. The van der Waals surface area contributed by atoms with Gasteiger partial charge in [-0.05, 0) is 43.5 Å². The fourth-order valence-corrected chi connectivity index (χ4v) is 2.82. The SMILES string of the molecule is CCOc1ccccc1C(=O)NCCCC(=O)NCCc1ccccc1OC. The molecule has 2 N–H and O–H groups in total. The predicted molar refractivity (Wildman–Crippen MR) is 109 cm³/mol. The molecular weight excluding hydrogens is 356 g/mol. The van der Waals surface area contributed by atoms with Gasteiger partial charge in [-0.25, -0.2) is 0 Å². The van der Waals surface area contributed by atoms with Crippen molar-refractivity contribution >= 4 is 11.8 Å². The summed E-state index contributed by atoms with van der Waals surface area (Å²) in [7, 11) is 1.64. The Morgan fingerprint density at radius 2 is 1.64 bits per heavy atom. The van der Waals surface area contributed by atoms with Crippen molar-refractivity contribution in [2.75, 3.05) is 26.8 Å². The Balaban J connectivity index is 1.66. The molecule has 0 heterocycles. The van der Waals surface area contributed by atoms with Gasteiger partial charge in [0.25, 0.3) is 5.91 Å². The van der Waals surface area contributed by atoms with E-state index in [0.29, 0.717) is 50.3 Å². The van der Waals surface area contributed by atoms with Crippen LogP contribution in [0.4, 0.5) is 0 Å². The predicted octanol–water partition coefficient (Wildman–Crippen LogP) is 2.96. The number of para-hydroxylation sites is 2. The number of hydrogen-bond donors (Lipinski definition) is 2. The lowest BCUT2D eigenvalue weighted by atomic mass is 10.1. The first-order chi connectivity index (χ1) is 13.7. The summed E-state index contributed by atoms with van der Waals surface area (Å²) in [6.07, 6.45) is 1.64. The van der Waals surface area contributed by atoms with E-state index in [4.69, 9.17) is 9.47 Å². The molecule has 0 aliphatic rings. The third-order valence-corrected chi connectivity index (χ3v) is 4.21. The summed E-state index contributed by atoms with van der Waals surface area (Å²) in [5.74, 6) is 1.17. The van der Waals surface area contributed by atoms with Crippen LogP contribution in [-0.4, -0.2) is 38.6 Å². The van der Waals surface area contributed by atoms with Crippen LogP contribution < -0.4 is 20.1 Å². The zero-order chi connectivity index (χ0) is 20.2. The first kappa shape index (κ1) is 21.3. The van der Waals surface area contributed by atoms with Crippen molar-refractivity contribution in [2.45, 2.75) is 26.2 Å². The number of hydrogen-bond acceptors (Lipinski definition) is 4. The number of methoxy groups -OCH3 is 1. The fraction of sp³-hybridized carbons (Fsp3) is 0.364. The highest BCUT2D eigenvalue weighted by molar-refractivity contribution is 5.96. The lowest BCUT2D eigenvalue weighted by Gasteiger charge is -2.11. The van der Waals surface area contributed by atoms with Crippen LogP contribution in [0.3, 0.4) is 0 Å². The second kappa shape index (κ2) is 11.6. The number of benzene rings is 2. The number of carbonyl (C=O) groups excluding carboxylic acids is 2. The van der Waals surface area contributed by atoms with Crippen LogP contribution in [0.1, 0.15) is 35.7 Å². The molecular formula is C22H28N2O4. The zero-order valence-electron chi connectivity index (χ0n) is 16.5. The Hall–Kier alpha value is -3.02. The highest BCUT2D eigenvalue weighted by Gasteiger charge is 2.11. The molecule has 2 aromatic rings. The maximum atomic E-state index is 12.3. The van der Waals surface area contributed by atoms with Gasteiger partial charge in [0.05, 0.1) is 19.3 Å². The molecule has 0 radical (unpaired) electrons. The summed E-state index contributed by atoms with van der Waals surface area (Å²) in [5.41, 5.74) is 1.57. The van der Waals surface area contributed by atoms with Crippen LogP contribution in [0.5, 0.6) is 11.5 Å². The van der Waals surface area contributed by atoms with E-state index in [2.05, 4.69) is 10.6 Å². The standard InChI is InChI=1S/C22H28N2O4/c1-3-28-20-12-7-5-10-18(20)22(26)24-15-8-13-21(25)23-16-14-17-9-4-6-11-19(17)27-2/h4-7,9-12H,3,8,13-16H2,1-2H3,(H,23,25)(H,24,26). The Morgan fingerprint density at radius 1 is 0.929 bits per heavy atom. The molecule has 0 bridgehead atoms. The van der Waals surface area contributed by atoms with E-state index in [1.165, 1.54) is 0 Å². The van der Waals surface area contributed by atoms with E-state index in [9.17, 15) is 9.59 Å². The van der Waals surface area contributed by atoms with Crippen molar-refractivity contribution in [3.63, 3.8) is 0 Å². The van der Waals surface area contributed by atoms with Crippen LogP contribution in [0.25, 0.3) is 0 Å². The van der Waals surface area contributed by atoms with Crippen molar-refractivity contribution < 1.29 is 19.1 Å². The third kappa shape index (κ3) is 6.61. The minimum Gasteiger partial charge on any atom is -0.496 e. The molecule has 150 valence electrons. The number of nitrogens with one attached hydrogen (secondary N) is 2. The lowest BCUT2D eigenvalue weighted by molar-refractivity contribution is -0.121. The normalized spacial score (nSPS) is 10.2. The molecule has 0 spiro atoms. The van der Waals surface area contributed by atoms with Gasteiger partial charge in [-0.15, -0.1) is 0 Å². The van der Waals surface area contributed by atoms with Crippen LogP contribution in [0.2, 0.25) is 0 Å². The highest BCUT2D eigenvalue weighted by Crippen LogP contribution is 2.18. The van der Waals surface area contributed by atoms with E-state index in [-0.39, 0.29) is 11.8 Å². The van der Waals surface area contributed by atoms with Gasteiger partial charge in [-0.1, -0.05) is 30.3 Å². The topological polar surface area (TPSA) is 76.7 Å². The van der Waals surface area contributed by atoms with Crippen molar-refractivity contribution in [3.8, 4) is 11.5 Å². The average Bonchev–Trinajstić information content (AvgIpc) is 2.72. The van der Waals surface area contributed by atoms with E-state index in [0.717, 1.165) is 11.3 Å². The fourth-order valence-electron chi connectivity index (χ4n) is 2.82. The zero-order valence-corrected chi connectivity index (χ0v) is 16.5. The van der Waals surface area contributed by atoms with Crippen molar-refractivity contribution in [2.24, 2.45) is 0 Å². The highest BCUT2D eigenvalue weighted by atomic mass is 16.5. The van der Waals surface area contributed by atoms with Gasteiger partial charge in [0.15, 0.2) is 0 Å². The molecule has 0 unspecified atom stereocenters. The van der Waals surface area contributed by atoms with Crippen LogP contribution >= 0.6 is 0 Å². The summed E-state index contributed by atoms with van der Waals surface area (Å²) in [4.78, 5) is 24.2. The first-order valence-corrected chi connectivity index (χ1v) is 9.54. The largest absolute Gasteiger partial charge is 0.496 e. The van der Waals surface area contributed by atoms with Gasteiger partial charge < -0.3 is 20.1 Å². The monoisotopic (exact) mass is 384 g/mol. The van der Waals surface area contributed by atoms with Gasteiger partial charge in [0.2, 0.25) is 5.91 Å². The van der Waals surface area contributed by atoms with E-state index in [1.807, 2.05) is 37.3 Å². The molecule has 0 aromatic heterocycles. The molecule has 0 saturated carbocycles. The summed E-state index contributed by atoms with van der Waals surface area (Å²) >= 11 is 0. The van der Waals surface area contributed by atoms with Crippen LogP contribution in [0, 0.1) is 0 Å². The second-order valence-electron chi connectivity index (χ2n) is 6.20. The number of rotatable bonds is 11.